The normalized spacial score (nSPS) is 13.1. The maximum absolute atomic E-state index is 13.0. The molecule has 1 atom stereocenters. The molecular weight excluding hydrogens is 624 g/mol. The van der Waals surface area contributed by atoms with E-state index in [4.69, 9.17) is 23.7 Å². The van der Waals surface area contributed by atoms with Gasteiger partial charge in [0.25, 0.3) is 0 Å². The lowest BCUT2D eigenvalue weighted by atomic mass is 10.0. The first-order valence-electron chi connectivity index (χ1n) is 18.8. The van der Waals surface area contributed by atoms with Gasteiger partial charge in [0, 0.05) is 5.57 Å². The number of epoxide rings is 1. The number of unbranched alkanes of at least 4 members (excludes halogenated alkanes) is 15. The number of hydrogen-bond donors (Lipinski definition) is 0. The van der Waals surface area contributed by atoms with Gasteiger partial charge in [-0.25, -0.2) is 19.2 Å². The quantitative estimate of drug-likeness (QED) is 0.0293. The molecule has 9 nitrogen and oxygen atoms in total. The number of carbonyl (C=O) groups excluding carboxylic acids is 4. The molecule has 1 aliphatic heterocycles. The zero-order chi connectivity index (χ0) is 36.1. The van der Waals surface area contributed by atoms with Crippen molar-refractivity contribution in [2.75, 3.05) is 33.0 Å². The molecule has 1 fully saturated rings. The van der Waals surface area contributed by atoms with Gasteiger partial charge in [-0.2, -0.15) is 0 Å². The van der Waals surface area contributed by atoms with E-state index in [1.165, 1.54) is 76.0 Å². The molecule has 2 rings (SSSR count). The second kappa shape index (κ2) is 28.6. The largest absolute Gasteiger partial charge is 0.462 e. The van der Waals surface area contributed by atoms with Crippen molar-refractivity contribution >= 4 is 23.9 Å². The molecule has 1 aliphatic rings. The smallest absolute Gasteiger partial charge is 0.339 e. The SMILES string of the molecule is C=C(C)C(=O)OCC1CO1.CCCCCCCCOC(=O)c1ccc(C(=O)OCCCCCCCC)c(C(=O)OCCCCCCCC)c1. The van der Waals surface area contributed by atoms with Crippen LogP contribution < -0.4 is 0 Å². The summed E-state index contributed by atoms with van der Waals surface area (Å²) in [4.78, 5) is 49.1. The highest BCUT2D eigenvalue weighted by Gasteiger charge is 2.24. The molecule has 0 aliphatic carbocycles. The van der Waals surface area contributed by atoms with Crippen LogP contribution in [0.3, 0.4) is 0 Å². The molecular formula is C40H64O9. The van der Waals surface area contributed by atoms with Gasteiger partial charge in [-0.1, -0.05) is 124 Å². The van der Waals surface area contributed by atoms with Crippen LogP contribution in [0.1, 0.15) is 174 Å². The Morgan fingerprint density at radius 1 is 0.612 bits per heavy atom. The van der Waals surface area contributed by atoms with Crippen LogP contribution in [0.5, 0.6) is 0 Å². The van der Waals surface area contributed by atoms with E-state index in [1.54, 1.807) is 6.92 Å². The summed E-state index contributed by atoms with van der Waals surface area (Å²) in [6.07, 6.45) is 19.7. The van der Waals surface area contributed by atoms with Crippen molar-refractivity contribution in [1.82, 2.24) is 0 Å². The lowest BCUT2D eigenvalue weighted by Gasteiger charge is -2.12. The summed E-state index contributed by atoms with van der Waals surface area (Å²) >= 11 is 0. The fraction of sp³-hybridized carbons (Fsp3) is 0.700. The lowest BCUT2D eigenvalue weighted by Crippen LogP contribution is -2.17. The molecule has 0 amide bonds. The van der Waals surface area contributed by atoms with Crippen molar-refractivity contribution in [3.8, 4) is 0 Å². The zero-order valence-corrected chi connectivity index (χ0v) is 31.0. The fourth-order valence-electron chi connectivity index (χ4n) is 4.85. The van der Waals surface area contributed by atoms with E-state index in [9.17, 15) is 19.2 Å². The summed E-state index contributed by atoms with van der Waals surface area (Å²) in [5.41, 5.74) is 0.852. The summed E-state index contributed by atoms with van der Waals surface area (Å²) in [5, 5.41) is 0. The van der Waals surface area contributed by atoms with Crippen molar-refractivity contribution in [2.24, 2.45) is 0 Å². The average molecular weight is 689 g/mol. The Balaban J connectivity index is 0.00000102. The Labute approximate surface area is 295 Å². The summed E-state index contributed by atoms with van der Waals surface area (Å²) in [7, 11) is 0. The Bertz CT molecular complexity index is 1090. The summed E-state index contributed by atoms with van der Waals surface area (Å²) in [6, 6.07) is 4.41. The molecule has 0 bridgehead atoms. The van der Waals surface area contributed by atoms with Crippen LogP contribution in [0.25, 0.3) is 0 Å². The molecule has 1 aromatic rings. The number of rotatable bonds is 27. The van der Waals surface area contributed by atoms with Crippen LogP contribution in [0.15, 0.2) is 30.4 Å². The average Bonchev–Trinajstić information content (AvgIpc) is 3.94. The molecule has 1 heterocycles. The number of hydrogen-bond acceptors (Lipinski definition) is 9. The molecule has 0 spiro atoms. The Morgan fingerprint density at radius 3 is 1.45 bits per heavy atom. The van der Waals surface area contributed by atoms with Gasteiger partial charge >= 0.3 is 23.9 Å². The molecule has 0 aromatic heterocycles. The fourth-order valence-corrected chi connectivity index (χ4v) is 4.85. The van der Waals surface area contributed by atoms with E-state index < -0.39 is 17.9 Å². The lowest BCUT2D eigenvalue weighted by molar-refractivity contribution is -0.139. The van der Waals surface area contributed by atoms with Gasteiger partial charge in [0.05, 0.1) is 43.1 Å². The van der Waals surface area contributed by atoms with E-state index in [0.29, 0.717) is 32.0 Å². The number of carbonyl (C=O) groups is 4. The molecule has 0 radical (unpaired) electrons. The van der Waals surface area contributed by atoms with Crippen molar-refractivity contribution < 1.29 is 42.9 Å². The highest BCUT2D eigenvalue weighted by Crippen LogP contribution is 2.18. The van der Waals surface area contributed by atoms with E-state index in [0.717, 1.165) is 57.8 Å². The predicted molar refractivity (Wildman–Crippen MR) is 193 cm³/mol. The number of ether oxygens (including phenoxy) is 5. The standard InChI is InChI=1S/C33H54O6.C7H10O3/c1-4-7-10-13-16-19-24-37-31(34)28-22-23-29(32(35)38-25-20-17-14-11-8-5-2)30(27-28)33(36)39-26-21-18-15-12-9-6-3;1-5(2)7(8)10-4-6-3-9-6/h22-23,27H,4-21,24-26H2,1-3H3;6H,1,3-4H2,2H3. The second-order valence-corrected chi connectivity index (χ2v) is 12.8. The second-order valence-electron chi connectivity index (χ2n) is 12.8. The first-order chi connectivity index (χ1) is 23.7. The van der Waals surface area contributed by atoms with Crippen LogP contribution in [0.2, 0.25) is 0 Å². The molecule has 9 heteroatoms. The van der Waals surface area contributed by atoms with Crippen molar-refractivity contribution in [2.45, 2.75) is 149 Å². The minimum atomic E-state index is -0.611. The number of benzene rings is 1. The van der Waals surface area contributed by atoms with Crippen molar-refractivity contribution in [3.63, 3.8) is 0 Å². The van der Waals surface area contributed by atoms with Crippen LogP contribution in [-0.4, -0.2) is 63.0 Å². The molecule has 0 N–H and O–H groups in total. The van der Waals surface area contributed by atoms with Gasteiger partial charge in [0.1, 0.15) is 12.7 Å². The third-order valence-corrected chi connectivity index (χ3v) is 8.04. The van der Waals surface area contributed by atoms with E-state index in [2.05, 4.69) is 27.4 Å². The van der Waals surface area contributed by atoms with Gasteiger partial charge in [0.15, 0.2) is 0 Å². The van der Waals surface area contributed by atoms with Gasteiger partial charge < -0.3 is 23.7 Å². The molecule has 278 valence electrons. The maximum Gasteiger partial charge on any atom is 0.339 e. The van der Waals surface area contributed by atoms with Crippen molar-refractivity contribution in [1.29, 1.82) is 0 Å². The van der Waals surface area contributed by atoms with E-state index in [1.807, 2.05) is 0 Å². The topological polar surface area (TPSA) is 118 Å². The summed E-state index contributed by atoms with van der Waals surface area (Å²) in [5.74, 6) is -2.02. The van der Waals surface area contributed by atoms with Crippen LogP contribution in [0, 0.1) is 0 Å². The molecule has 1 aromatic carbocycles. The van der Waals surface area contributed by atoms with Crippen LogP contribution >= 0.6 is 0 Å². The van der Waals surface area contributed by atoms with Crippen LogP contribution in [0.4, 0.5) is 0 Å². The monoisotopic (exact) mass is 688 g/mol. The van der Waals surface area contributed by atoms with E-state index >= 15 is 0 Å². The summed E-state index contributed by atoms with van der Waals surface area (Å²) in [6.45, 7) is 13.6. The zero-order valence-electron chi connectivity index (χ0n) is 31.0. The van der Waals surface area contributed by atoms with Gasteiger partial charge in [-0.15, -0.1) is 0 Å². The third kappa shape index (κ3) is 22.2. The minimum Gasteiger partial charge on any atom is -0.462 e. The van der Waals surface area contributed by atoms with Crippen molar-refractivity contribution in [3.05, 3.63) is 47.0 Å². The molecule has 1 unspecified atom stereocenters. The molecule has 1 saturated heterocycles. The summed E-state index contributed by atoms with van der Waals surface area (Å²) < 4.78 is 26.0. The Hall–Kier alpha value is -3.20. The molecule has 49 heavy (non-hydrogen) atoms. The van der Waals surface area contributed by atoms with Crippen LogP contribution in [-0.2, 0) is 28.5 Å². The number of esters is 4. The highest BCUT2D eigenvalue weighted by atomic mass is 16.6. The highest BCUT2D eigenvalue weighted by molar-refractivity contribution is 6.05. The first-order valence-corrected chi connectivity index (χ1v) is 18.8. The first kappa shape index (κ1) is 43.8. The third-order valence-electron chi connectivity index (χ3n) is 8.04. The minimum absolute atomic E-state index is 0.0583. The maximum atomic E-state index is 13.0. The van der Waals surface area contributed by atoms with Gasteiger partial charge in [-0.05, 0) is 44.4 Å². The Kier molecular flexibility index (Phi) is 25.6. The Morgan fingerprint density at radius 2 is 1.02 bits per heavy atom. The van der Waals surface area contributed by atoms with E-state index in [-0.39, 0.29) is 35.4 Å². The van der Waals surface area contributed by atoms with Gasteiger partial charge in [-0.3, -0.25) is 0 Å². The predicted octanol–water partition coefficient (Wildman–Crippen LogP) is 9.74. The van der Waals surface area contributed by atoms with Gasteiger partial charge in [0.2, 0.25) is 0 Å². The molecule has 0 saturated carbocycles.